The highest BCUT2D eigenvalue weighted by Crippen LogP contribution is 2.31. The van der Waals surface area contributed by atoms with E-state index in [0.29, 0.717) is 25.6 Å². The third-order valence-electron chi connectivity index (χ3n) is 4.30. The number of anilines is 1. The van der Waals surface area contributed by atoms with Crippen LogP contribution in [0.4, 0.5) is 5.82 Å². The predicted molar refractivity (Wildman–Crippen MR) is 95.2 cm³/mol. The summed E-state index contributed by atoms with van der Waals surface area (Å²) < 4.78 is 13.4. The Bertz CT molecular complexity index is 845. The van der Waals surface area contributed by atoms with Crippen LogP contribution in [0.2, 0.25) is 0 Å². The number of rotatable bonds is 5. The van der Waals surface area contributed by atoms with Gasteiger partial charge in [-0.15, -0.1) is 0 Å². The zero-order valence-electron chi connectivity index (χ0n) is 13.9. The highest BCUT2D eigenvalue weighted by atomic mass is 16.5. The number of imidazole rings is 1. The Morgan fingerprint density at radius 1 is 1.24 bits per heavy atom. The summed E-state index contributed by atoms with van der Waals surface area (Å²) in [6, 6.07) is 9.99. The zero-order chi connectivity index (χ0) is 17.1. The molecule has 0 atom stereocenters. The van der Waals surface area contributed by atoms with E-state index in [1.54, 1.807) is 12.5 Å². The predicted octanol–water partition coefficient (Wildman–Crippen LogP) is 2.68. The van der Waals surface area contributed by atoms with Gasteiger partial charge in [0, 0.05) is 24.4 Å². The van der Waals surface area contributed by atoms with Gasteiger partial charge in [0.2, 0.25) is 0 Å². The summed E-state index contributed by atoms with van der Waals surface area (Å²) >= 11 is 0. The van der Waals surface area contributed by atoms with Gasteiger partial charge < -0.3 is 19.8 Å². The van der Waals surface area contributed by atoms with E-state index >= 15 is 0 Å². The lowest BCUT2D eigenvalue weighted by atomic mass is 9.97. The molecule has 6 nitrogen and oxygen atoms in total. The molecule has 2 N–H and O–H groups in total. The van der Waals surface area contributed by atoms with E-state index in [-0.39, 0.29) is 0 Å². The van der Waals surface area contributed by atoms with Crippen molar-refractivity contribution < 1.29 is 9.47 Å². The molecular weight excluding hydrogens is 316 g/mol. The average Bonchev–Trinajstić information content (AvgIpc) is 3.15. The third-order valence-corrected chi connectivity index (χ3v) is 4.30. The van der Waals surface area contributed by atoms with E-state index in [2.05, 4.69) is 22.1 Å². The number of hydrogen-bond donors (Lipinski definition) is 1. The molecule has 6 heteroatoms. The maximum Gasteiger partial charge on any atom is 0.124 e. The Labute approximate surface area is 146 Å². The third kappa shape index (κ3) is 3.49. The Morgan fingerprint density at radius 2 is 2.12 bits per heavy atom. The van der Waals surface area contributed by atoms with Gasteiger partial charge in [-0.1, -0.05) is 12.1 Å². The van der Waals surface area contributed by atoms with Crippen molar-refractivity contribution in [2.75, 3.05) is 18.9 Å². The highest BCUT2D eigenvalue weighted by molar-refractivity contribution is 5.71. The first-order valence-electron chi connectivity index (χ1n) is 8.34. The second-order valence-corrected chi connectivity index (χ2v) is 6.00. The molecule has 0 saturated carbocycles. The molecule has 0 bridgehead atoms. The molecule has 25 heavy (non-hydrogen) atoms. The largest absolute Gasteiger partial charge is 0.492 e. The molecule has 2 aromatic heterocycles. The molecule has 1 aromatic carbocycles. The van der Waals surface area contributed by atoms with Crippen LogP contribution in [0.25, 0.3) is 11.1 Å². The first-order chi connectivity index (χ1) is 12.3. The minimum Gasteiger partial charge on any atom is -0.492 e. The van der Waals surface area contributed by atoms with Gasteiger partial charge in [0.15, 0.2) is 0 Å². The van der Waals surface area contributed by atoms with Crippen LogP contribution >= 0.6 is 0 Å². The number of ether oxygens (including phenoxy) is 2. The van der Waals surface area contributed by atoms with Crippen molar-refractivity contribution in [2.45, 2.75) is 19.6 Å². The molecule has 128 valence electrons. The molecule has 0 radical (unpaired) electrons. The van der Waals surface area contributed by atoms with Gasteiger partial charge in [-0.3, -0.25) is 0 Å². The maximum atomic E-state index is 5.98. The monoisotopic (exact) mass is 336 g/mol. The number of pyridine rings is 1. The number of nitrogen functional groups attached to an aromatic ring is 1. The second kappa shape index (κ2) is 6.94. The fraction of sp³-hybridized carbons (Fsp3) is 0.263. The van der Waals surface area contributed by atoms with Gasteiger partial charge in [-0.25, -0.2) is 9.97 Å². The van der Waals surface area contributed by atoms with Crippen LogP contribution in [-0.2, 0) is 24.3 Å². The van der Waals surface area contributed by atoms with Crippen molar-refractivity contribution >= 4 is 5.82 Å². The number of nitrogens with two attached hydrogens (primary N) is 1. The highest BCUT2D eigenvalue weighted by Gasteiger charge is 2.17. The zero-order valence-corrected chi connectivity index (χ0v) is 13.9. The summed E-state index contributed by atoms with van der Waals surface area (Å²) in [5, 5.41) is 0. The van der Waals surface area contributed by atoms with Crippen LogP contribution in [0.15, 0.2) is 49.1 Å². The summed E-state index contributed by atoms with van der Waals surface area (Å²) in [4.78, 5) is 8.47. The fourth-order valence-corrected chi connectivity index (χ4v) is 3.03. The number of hydrogen-bond acceptors (Lipinski definition) is 5. The van der Waals surface area contributed by atoms with E-state index in [4.69, 9.17) is 15.2 Å². The molecule has 3 heterocycles. The second-order valence-electron chi connectivity index (χ2n) is 6.00. The van der Waals surface area contributed by atoms with Crippen LogP contribution in [-0.4, -0.2) is 27.7 Å². The van der Waals surface area contributed by atoms with E-state index in [0.717, 1.165) is 41.1 Å². The molecule has 0 unspecified atom stereocenters. The molecule has 3 aromatic rings. The van der Waals surface area contributed by atoms with Crippen LogP contribution in [0, 0.1) is 0 Å². The van der Waals surface area contributed by atoms with Crippen LogP contribution in [0.3, 0.4) is 0 Å². The topological polar surface area (TPSA) is 75.2 Å². The van der Waals surface area contributed by atoms with Gasteiger partial charge in [0.05, 0.1) is 31.8 Å². The molecule has 1 aliphatic rings. The van der Waals surface area contributed by atoms with Crippen molar-refractivity contribution in [2.24, 2.45) is 0 Å². The summed E-state index contributed by atoms with van der Waals surface area (Å²) in [7, 11) is 0. The number of aromatic nitrogens is 3. The van der Waals surface area contributed by atoms with Gasteiger partial charge >= 0.3 is 0 Å². The van der Waals surface area contributed by atoms with E-state index in [1.807, 2.05) is 29.0 Å². The Kier molecular flexibility index (Phi) is 4.35. The number of nitrogens with zero attached hydrogens (tertiary/aromatic N) is 3. The first kappa shape index (κ1) is 15.7. The molecule has 0 spiro atoms. The average molecular weight is 336 g/mol. The fourth-order valence-electron chi connectivity index (χ4n) is 3.03. The minimum atomic E-state index is 0.552. The van der Waals surface area contributed by atoms with Crippen LogP contribution in [0.5, 0.6) is 5.75 Å². The van der Waals surface area contributed by atoms with Crippen molar-refractivity contribution in [3.05, 3.63) is 60.3 Å². The lowest BCUT2D eigenvalue weighted by Gasteiger charge is -2.20. The minimum absolute atomic E-state index is 0.552. The van der Waals surface area contributed by atoms with Gasteiger partial charge in [0.1, 0.15) is 18.2 Å². The lowest BCUT2D eigenvalue weighted by molar-refractivity contribution is 0.109. The normalized spacial score (nSPS) is 13.4. The molecule has 0 fully saturated rings. The summed E-state index contributed by atoms with van der Waals surface area (Å²) in [6.45, 7) is 2.66. The van der Waals surface area contributed by atoms with Crippen molar-refractivity contribution in [1.29, 1.82) is 0 Å². The van der Waals surface area contributed by atoms with Gasteiger partial charge in [-0.2, -0.15) is 0 Å². The smallest absolute Gasteiger partial charge is 0.124 e. The quantitative estimate of drug-likeness (QED) is 0.775. The maximum absolute atomic E-state index is 5.98. The first-order valence-corrected chi connectivity index (χ1v) is 8.34. The summed E-state index contributed by atoms with van der Waals surface area (Å²) in [5.41, 5.74) is 10.3. The summed E-state index contributed by atoms with van der Waals surface area (Å²) in [5.74, 6) is 1.40. The number of benzene rings is 1. The summed E-state index contributed by atoms with van der Waals surface area (Å²) in [6.07, 6.45) is 6.28. The Hall–Kier alpha value is -2.86. The van der Waals surface area contributed by atoms with E-state index < -0.39 is 0 Å². The van der Waals surface area contributed by atoms with Crippen molar-refractivity contribution in [1.82, 2.24) is 14.5 Å². The molecule has 0 aliphatic carbocycles. The molecule has 1 aliphatic heterocycles. The Balaban J connectivity index is 1.49. The molecular formula is C19H20N4O2. The van der Waals surface area contributed by atoms with Gasteiger partial charge in [-0.05, 0) is 29.3 Å². The van der Waals surface area contributed by atoms with Crippen molar-refractivity contribution in [3.63, 3.8) is 0 Å². The standard InChI is InChI=1S/C19H20N4O2/c20-19-11-16(17-12-24-9-5-18(17)22-19)14-1-3-15(4-2-14)25-10-8-23-7-6-21-13-23/h1-4,6-7,11,13H,5,8-10,12H2,(H2,20,22). The van der Waals surface area contributed by atoms with Crippen LogP contribution in [0.1, 0.15) is 11.3 Å². The SMILES string of the molecule is Nc1cc(-c2ccc(OCCn3ccnc3)cc2)c2c(n1)CCOC2. The van der Waals surface area contributed by atoms with Crippen LogP contribution < -0.4 is 10.5 Å². The van der Waals surface area contributed by atoms with E-state index in [9.17, 15) is 0 Å². The Morgan fingerprint density at radius 3 is 2.92 bits per heavy atom. The van der Waals surface area contributed by atoms with E-state index in [1.165, 1.54) is 0 Å². The van der Waals surface area contributed by atoms with Gasteiger partial charge in [0.25, 0.3) is 0 Å². The molecule has 4 rings (SSSR count). The lowest BCUT2D eigenvalue weighted by Crippen LogP contribution is -2.14. The molecule has 0 amide bonds. The number of fused-ring (bicyclic) bond motifs is 1. The van der Waals surface area contributed by atoms with Crippen molar-refractivity contribution in [3.8, 4) is 16.9 Å². The molecule has 0 saturated heterocycles.